The molecule has 1 aliphatic carbocycles. The molecule has 1 saturated heterocycles. The van der Waals surface area contributed by atoms with E-state index < -0.39 is 42.1 Å². The molecule has 254 valence electrons. The van der Waals surface area contributed by atoms with E-state index in [4.69, 9.17) is 37.9 Å². The molecule has 0 bridgehead atoms. The highest BCUT2D eigenvalue weighted by atomic mass is 16.7. The standard InChI is InChI=1S/C35H38N2O11/c1-37(2)12-8-11-36-34(39)47-31-23-16-26-25(45-19-46-26)15-22(23)29(30-24(31)18-43-33(30)38)21-13-27(41-3)32(28(14-21)42-4)48-35(40)44-17-20-9-6-5-7-10-20/h5-7,9-10,13-16,24,29-31H,8,11-12,17-19H2,1-4H3,(H,36,39)/t24-,29+,30-,31+/m0/s1. The first-order valence-corrected chi connectivity index (χ1v) is 15.6. The monoisotopic (exact) mass is 662 g/mol. The Morgan fingerprint density at radius 1 is 0.938 bits per heavy atom. The van der Waals surface area contributed by atoms with Crippen molar-refractivity contribution in [2.45, 2.75) is 25.0 Å². The van der Waals surface area contributed by atoms with Crippen molar-refractivity contribution in [2.75, 3.05) is 54.8 Å². The van der Waals surface area contributed by atoms with E-state index >= 15 is 0 Å². The first-order valence-electron chi connectivity index (χ1n) is 15.6. The molecule has 3 aliphatic rings. The summed E-state index contributed by atoms with van der Waals surface area (Å²) in [7, 11) is 6.78. The molecule has 0 radical (unpaired) electrons. The molecule has 1 N–H and O–H groups in total. The third kappa shape index (κ3) is 6.77. The van der Waals surface area contributed by atoms with Crippen LogP contribution in [-0.2, 0) is 25.6 Å². The summed E-state index contributed by atoms with van der Waals surface area (Å²) in [6.07, 6.45) is -1.60. The summed E-state index contributed by atoms with van der Waals surface area (Å²) in [6, 6.07) is 16.2. The van der Waals surface area contributed by atoms with Gasteiger partial charge < -0.3 is 48.1 Å². The Morgan fingerprint density at radius 2 is 1.62 bits per heavy atom. The van der Waals surface area contributed by atoms with Crippen LogP contribution in [0.4, 0.5) is 9.59 Å². The molecule has 0 unspecified atom stereocenters. The van der Waals surface area contributed by atoms with Crippen molar-refractivity contribution in [3.8, 4) is 28.7 Å². The molecule has 13 nitrogen and oxygen atoms in total. The average Bonchev–Trinajstić information content (AvgIpc) is 3.71. The number of hydrogen-bond acceptors (Lipinski definition) is 12. The summed E-state index contributed by atoms with van der Waals surface area (Å²) in [4.78, 5) is 41.2. The van der Waals surface area contributed by atoms with E-state index in [2.05, 4.69) is 5.32 Å². The number of amides is 1. The van der Waals surface area contributed by atoms with Crippen molar-refractivity contribution in [3.63, 3.8) is 0 Å². The highest BCUT2D eigenvalue weighted by molar-refractivity contribution is 5.79. The van der Waals surface area contributed by atoms with Crippen molar-refractivity contribution in [3.05, 3.63) is 76.9 Å². The van der Waals surface area contributed by atoms with Gasteiger partial charge in [0.05, 0.1) is 26.7 Å². The number of hydrogen-bond donors (Lipinski definition) is 1. The van der Waals surface area contributed by atoms with E-state index in [9.17, 15) is 14.4 Å². The highest BCUT2D eigenvalue weighted by Gasteiger charge is 2.54. The Bertz CT molecular complexity index is 1640. The smallest absolute Gasteiger partial charge is 0.493 e. The molecule has 3 aromatic rings. The molecule has 0 aromatic heterocycles. The van der Waals surface area contributed by atoms with E-state index in [0.717, 1.165) is 18.5 Å². The van der Waals surface area contributed by atoms with Crippen LogP contribution in [0.5, 0.6) is 28.7 Å². The number of alkyl carbamates (subject to hydrolysis) is 1. The molecule has 1 fully saturated rings. The number of fused-ring (bicyclic) bond motifs is 3. The molecular weight excluding hydrogens is 624 g/mol. The Morgan fingerprint density at radius 3 is 2.29 bits per heavy atom. The van der Waals surface area contributed by atoms with Crippen LogP contribution in [0, 0.1) is 11.8 Å². The number of ether oxygens (including phenoxy) is 8. The third-order valence-electron chi connectivity index (χ3n) is 8.63. The van der Waals surface area contributed by atoms with E-state index in [1.54, 1.807) is 24.3 Å². The molecule has 1 amide bonds. The second-order valence-electron chi connectivity index (χ2n) is 11.9. The largest absolute Gasteiger partial charge is 0.514 e. The van der Waals surface area contributed by atoms with Gasteiger partial charge in [-0.25, -0.2) is 9.59 Å². The summed E-state index contributed by atoms with van der Waals surface area (Å²) in [5.74, 6) is -0.898. The number of esters is 1. The normalized spacial score (nSPS) is 20.3. The fourth-order valence-corrected chi connectivity index (χ4v) is 6.42. The molecule has 4 atom stereocenters. The number of nitrogens with one attached hydrogen (secondary N) is 1. The van der Waals surface area contributed by atoms with Crippen molar-refractivity contribution in [1.29, 1.82) is 0 Å². The van der Waals surface area contributed by atoms with Crippen LogP contribution in [0.2, 0.25) is 0 Å². The van der Waals surface area contributed by atoms with Gasteiger partial charge in [0.25, 0.3) is 0 Å². The van der Waals surface area contributed by atoms with Crippen LogP contribution in [0.3, 0.4) is 0 Å². The lowest BCUT2D eigenvalue weighted by Crippen LogP contribution is -2.38. The number of methoxy groups -OCH3 is 2. The predicted molar refractivity (Wildman–Crippen MR) is 170 cm³/mol. The minimum Gasteiger partial charge on any atom is -0.493 e. The second-order valence-corrected chi connectivity index (χ2v) is 11.9. The molecule has 13 heteroatoms. The number of benzene rings is 3. The molecule has 3 aromatic carbocycles. The average molecular weight is 663 g/mol. The van der Waals surface area contributed by atoms with Crippen molar-refractivity contribution in [2.24, 2.45) is 11.8 Å². The van der Waals surface area contributed by atoms with Crippen LogP contribution < -0.4 is 29.0 Å². The van der Waals surface area contributed by atoms with Crippen LogP contribution in [0.25, 0.3) is 0 Å². The maximum absolute atomic E-state index is 13.5. The summed E-state index contributed by atoms with van der Waals surface area (Å²) in [6.45, 7) is 1.33. The van der Waals surface area contributed by atoms with Gasteiger partial charge in [0.15, 0.2) is 23.0 Å². The fraction of sp³-hybridized carbons (Fsp3) is 0.400. The van der Waals surface area contributed by atoms with Gasteiger partial charge in [0.1, 0.15) is 12.7 Å². The number of rotatable bonds is 11. The Balaban J connectivity index is 1.33. The van der Waals surface area contributed by atoms with Gasteiger partial charge in [-0.05, 0) is 68.0 Å². The maximum Gasteiger partial charge on any atom is 0.514 e. The lowest BCUT2D eigenvalue weighted by atomic mass is 9.66. The molecular formula is C35H38N2O11. The van der Waals surface area contributed by atoms with Crippen LogP contribution in [0.1, 0.15) is 40.7 Å². The minimum atomic E-state index is -0.946. The summed E-state index contributed by atoms with van der Waals surface area (Å²) >= 11 is 0. The van der Waals surface area contributed by atoms with Crippen LogP contribution >= 0.6 is 0 Å². The second kappa shape index (κ2) is 14.3. The molecule has 2 heterocycles. The van der Waals surface area contributed by atoms with Gasteiger partial charge in [-0.15, -0.1) is 0 Å². The van der Waals surface area contributed by atoms with E-state index in [1.165, 1.54) is 14.2 Å². The SMILES string of the molecule is COc1cc([C@@H]2c3cc4c(cc3[C@@H](OC(=O)NCCCN(C)C)[C@H]3COC(=O)[C@H]23)OCO4)cc(OC)c1OC(=O)OCc1ccccc1. The van der Waals surface area contributed by atoms with Gasteiger partial charge >= 0.3 is 18.2 Å². The minimum absolute atomic E-state index is 0.0138. The lowest BCUT2D eigenvalue weighted by Gasteiger charge is -2.38. The zero-order chi connectivity index (χ0) is 33.8. The van der Waals surface area contributed by atoms with Gasteiger partial charge in [0, 0.05) is 23.9 Å². The first-order chi connectivity index (χ1) is 23.3. The molecule has 0 saturated carbocycles. The summed E-state index contributed by atoms with van der Waals surface area (Å²) < 4.78 is 45.2. The first kappa shape index (κ1) is 32.8. The maximum atomic E-state index is 13.5. The van der Waals surface area contributed by atoms with Gasteiger partial charge in [0.2, 0.25) is 12.5 Å². The Kier molecular flexibility index (Phi) is 9.76. The predicted octanol–water partition coefficient (Wildman–Crippen LogP) is 4.80. The van der Waals surface area contributed by atoms with Crippen LogP contribution in [-0.4, -0.2) is 77.9 Å². The number of nitrogens with zero attached hydrogens (tertiary/aromatic N) is 1. The molecule has 2 aliphatic heterocycles. The van der Waals surface area contributed by atoms with Gasteiger partial charge in [-0.1, -0.05) is 30.3 Å². The quantitative estimate of drug-likeness (QED) is 0.131. The molecule has 48 heavy (non-hydrogen) atoms. The summed E-state index contributed by atoms with van der Waals surface area (Å²) in [5, 5.41) is 2.82. The van der Waals surface area contributed by atoms with E-state index in [1.807, 2.05) is 49.3 Å². The fourth-order valence-electron chi connectivity index (χ4n) is 6.42. The van der Waals surface area contributed by atoms with Crippen molar-refractivity contribution >= 4 is 18.2 Å². The van der Waals surface area contributed by atoms with Crippen LogP contribution in [0.15, 0.2) is 54.6 Å². The molecule has 0 spiro atoms. The lowest BCUT2D eigenvalue weighted by molar-refractivity contribution is -0.141. The number of carbonyl (C=O) groups is 3. The third-order valence-corrected chi connectivity index (χ3v) is 8.63. The molecule has 6 rings (SSSR count). The summed E-state index contributed by atoms with van der Waals surface area (Å²) in [5.41, 5.74) is 2.76. The van der Waals surface area contributed by atoms with Crippen molar-refractivity contribution < 1.29 is 52.3 Å². The Labute approximate surface area is 277 Å². The number of cyclic esters (lactones) is 1. The zero-order valence-corrected chi connectivity index (χ0v) is 27.2. The number of carbonyl (C=O) groups excluding carboxylic acids is 3. The zero-order valence-electron chi connectivity index (χ0n) is 27.2. The van der Waals surface area contributed by atoms with Crippen molar-refractivity contribution in [1.82, 2.24) is 10.2 Å². The van der Waals surface area contributed by atoms with Gasteiger partial charge in [-0.2, -0.15) is 0 Å². The van der Waals surface area contributed by atoms with E-state index in [0.29, 0.717) is 34.7 Å². The Hall–Kier alpha value is -5.17. The highest BCUT2D eigenvalue weighted by Crippen LogP contribution is 2.56. The topological polar surface area (TPSA) is 140 Å². The van der Waals surface area contributed by atoms with Gasteiger partial charge in [-0.3, -0.25) is 4.79 Å². The van der Waals surface area contributed by atoms with E-state index in [-0.39, 0.29) is 37.3 Å².